The number of para-hydroxylation sites is 1. The molecule has 2 aliphatic rings. The molecule has 4 nitrogen and oxygen atoms in total. The molecule has 2 aromatic carbocycles. The highest BCUT2D eigenvalue weighted by molar-refractivity contribution is 5.95. The van der Waals surface area contributed by atoms with Crippen LogP contribution in [0.3, 0.4) is 0 Å². The van der Waals surface area contributed by atoms with E-state index in [2.05, 4.69) is 58.3 Å². The molecule has 0 saturated carbocycles. The van der Waals surface area contributed by atoms with Gasteiger partial charge in [-0.3, -0.25) is 14.6 Å². The van der Waals surface area contributed by atoms with Crippen molar-refractivity contribution in [3.8, 4) is 0 Å². The Kier molecular flexibility index (Phi) is 5.85. The van der Waals surface area contributed by atoms with Crippen LogP contribution in [-0.4, -0.2) is 55.0 Å². The number of hydrogen-bond acceptors (Lipinski definition) is 3. The van der Waals surface area contributed by atoms with Crippen LogP contribution >= 0.6 is 0 Å². The maximum Gasteiger partial charge on any atom is 0.241 e. The summed E-state index contributed by atoms with van der Waals surface area (Å²) in [6, 6.07) is 19.0. The maximum atomic E-state index is 13.0. The van der Waals surface area contributed by atoms with Gasteiger partial charge in [-0.2, -0.15) is 0 Å². The predicted molar refractivity (Wildman–Crippen MR) is 110 cm³/mol. The average molecular weight is 364 g/mol. The Balaban J connectivity index is 1.33. The lowest BCUT2D eigenvalue weighted by Crippen LogP contribution is -2.43. The number of carbonyl (C=O) groups is 1. The Morgan fingerprint density at radius 3 is 2.41 bits per heavy atom. The van der Waals surface area contributed by atoms with Crippen molar-refractivity contribution >= 4 is 11.6 Å². The van der Waals surface area contributed by atoms with E-state index in [1.807, 2.05) is 11.0 Å². The molecule has 27 heavy (non-hydrogen) atoms. The molecule has 0 aliphatic carbocycles. The van der Waals surface area contributed by atoms with Gasteiger partial charge >= 0.3 is 0 Å². The number of benzene rings is 2. The molecule has 1 fully saturated rings. The van der Waals surface area contributed by atoms with Gasteiger partial charge in [0.05, 0.1) is 6.54 Å². The third-order valence-corrected chi connectivity index (χ3v) is 5.70. The zero-order valence-electron chi connectivity index (χ0n) is 16.0. The lowest BCUT2D eigenvalue weighted by Gasteiger charge is -2.31. The van der Waals surface area contributed by atoms with E-state index in [0.29, 0.717) is 6.54 Å². The van der Waals surface area contributed by atoms with Crippen LogP contribution in [0.5, 0.6) is 0 Å². The van der Waals surface area contributed by atoms with Crippen LogP contribution in [-0.2, 0) is 17.8 Å². The lowest BCUT2D eigenvalue weighted by molar-refractivity contribution is -0.119. The third-order valence-electron chi connectivity index (χ3n) is 5.70. The van der Waals surface area contributed by atoms with Crippen molar-refractivity contribution in [2.75, 3.05) is 44.2 Å². The summed E-state index contributed by atoms with van der Waals surface area (Å²) in [5, 5.41) is 0. The first-order valence-electron chi connectivity index (χ1n) is 10.2. The van der Waals surface area contributed by atoms with Gasteiger partial charge in [-0.1, -0.05) is 48.5 Å². The van der Waals surface area contributed by atoms with Crippen LogP contribution in [0.4, 0.5) is 5.69 Å². The van der Waals surface area contributed by atoms with Crippen molar-refractivity contribution < 1.29 is 4.79 Å². The molecule has 0 radical (unpaired) electrons. The standard InChI is InChI=1S/C23H29N3O/c27-23(26-15-6-11-21-10-4-5-12-22(21)26)19-25-14-7-13-24(16-17-25)18-20-8-2-1-3-9-20/h1-5,8-10,12H,6-7,11,13-19H2. The lowest BCUT2D eigenvalue weighted by atomic mass is 10.0. The van der Waals surface area contributed by atoms with Gasteiger partial charge in [0.1, 0.15) is 0 Å². The predicted octanol–water partition coefficient (Wildman–Crippen LogP) is 3.17. The second kappa shape index (κ2) is 8.68. The van der Waals surface area contributed by atoms with Crippen molar-refractivity contribution in [2.45, 2.75) is 25.8 Å². The molecule has 142 valence electrons. The second-order valence-electron chi connectivity index (χ2n) is 7.67. The molecule has 0 unspecified atom stereocenters. The number of amides is 1. The summed E-state index contributed by atoms with van der Waals surface area (Å²) >= 11 is 0. The summed E-state index contributed by atoms with van der Waals surface area (Å²) in [6.07, 6.45) is 3.27. The van der Waals surface area contributed by atoms with Crippen LogP contribution in [0, 0.1) is 0 Å². The summed E-state index contributed by atoms with van der Waals surface area (Å²) in [4.78, 5) is 19.8. The van der Waals surface area contributed by atoms with Crippen LogP contribution in [0.1, 0.15) is 24.0 Å². The minimum absolute atomic E-state index is 0.249. The number of rotatable bonds is 4. The van der Waals surface area contributed by atoms with Crippen molar-refractivity contribution in [1.82, 2.24) is 9.80 Å². The van der Waals surface area contributed by atoms with Crippen molar-refractivity contribution in [3.63, 3.8) is 0 Å². The van der Waals surface area contributed by atoms with Gasteiger partial charge in [-0.05, 0) is 49.5 Å². The van der Waals surface area contributed by atoms with Crippen molar-refractivity contribution in [2.24, 2.45) is 0 Å². The minimum atomic E-state index is 0.249. The van der Waals surface area contributed by atoms with Gasteiger partial charge in [-0.25, -0.2) is 0 Å². The van der Waals surface area contributed by atoms with E-state index in [4.69, 9.17) is 0 Å². The molecule has 0 atom stereocenters. The van der Waals surface area contributed by atoms with Gasteiger partial charge in [0, 0.05) is 31.9 Å². The molecular weight excluding hydrogens is 334 g/mol. The second-order valence-corrected chi connectivity index (χ2v) is 7.67. The van der Waals surface area contributed by atoms with E-state index in [0.717, 1.165) is 64.2 Å². The third kappa shape index (κ3) is 4.57. The fourth-order valence-corrected chi connectivity index (χ4v) is 4.25. The first-order chi connectivity index (χ1) is 13.3. The molecule has 0 spiro atoms. The molecule has 1 saturated heterocycles. The first-order valence-corrected chi connectivity index (χ1v) is 10.2. The highest BCUT2D eigenvalue weighted by Gasteiger charge is 2.24. The molecule has 0 N–H and O–H groups in total. The smallest absolute Gasteiger partial charge is 0.241 e. The minimum Gasteiger partial charge on any atom is -0.311 e. The van der Waals surface area contributed by atoms with E-state index in [-0.39, 0.29) is 5.91 Å². The Bertz CT molecular complexity index is 761. The highest BCUT2D eigenvalue weighted by atomic mass is 16.2. The fraction of sp³-hybridized carbons (Fsp3) is 0.435. The molecule has 2 aliphatic heterocycles. The Morgan fingerprint density at radius 1 is 0.778 bits per heavy atom. The van der Waals surface area contributed by atoms with E-state index in [1.165, 1.54) is 11.1 Å². The van der Waals surface area contributed by atoms with Gasteiger partial charge in [0.2, 0.25) is 5.91 Å². The van der Waals surface area contributed by atoms with E-state index < -0.39 is 0 Å². The Hall–Kier alpha value is -2.17. The SMILES string of the molecule is O=C(CN1CCCN(Cc2ccccc2)CC1)N1CCCc2ccccc21. The normalized spacial score (nSPS) is 18.7. The maximum absolute atomic E-state index is 13.0. The van der Waals surface area contributed by atoms with Gasteiger partial charge < -0.3 is 4.90 Å². The monoisotopic (exact) mass is 363 g/mol. The molecule has 2 aromatic rings. The van der Waals surface area contributed by atoms with Crippen molar-refractivity contribution in [3.05, 3.63) is 65.7 Å². The zero-order chi connectivity index (χ0) is 18.5. The molecule has 1 amide bonds. The van der Waals surface area contributed by atoms with Gasteiger partial charge in [0.15, 0.2) is 0 Å². The number of carbonyl (C=O) groups excluding carboxylic acids is 1. The highest BCUT2D eigenvalue weighted by Crippen LogP contribution is 2.26. The van der Waals surface area contributed by atoms with Crippen LogP contribution < -0.4 is 4.90 Å². The summed E-state index contributed by atoms with van der Waals surface area (Å²) in [7, 11) is 0. The average Bonchev–Trinajstić information content (AvgIpc) is 2.93. The molecule has 0 bridgehead atoms. The summed E-state index contributed by atoms with van der Waals surface area (Å²) in [5.74, 6) is 0.249. The topological polar surface area (TPSA) is 26.8 Å². The number of anilines is 1. The van der Waals surface area contributed by atoms with Gasteiger partial charge in [0.25, 0.3) is 0 Å². The van der Waals surface area contributed by atoms with E-state index in [1.54, 1.807) is 0 Å². The molecule has 0 aromatic heterocycles. The molecule has 4 heteroatoms. The summed E-state index contributed by atoms with van der Waals surface area (Å²) < 4.78 is 0. The van der Waals surface area contributed by atoms with Crippen LogP contribution in [0.25, 0.3) is 0 Å². The van der Waals surface area contributed by atoms with Gasteiger partial charge in [-0.15, -0.1) is 0 Å². The quantitative estimate of drug-likeness (QED) is 0.835. The van der Waals surface area contributed by atoms with Crippen LogP contribution in [0.15, 0.2) is 54.6 Å². The number of hydrogen-bond donors (Lipinski definition) is 0. The molecule has 4 rings (SSSR count). The summed E-state index contributed by atoms with van der Waals surface area (Å²) in [5.41, 5.74) is 3.79. The van der Waals surface area contributed by atoms with E-state index >= 15 is 0 Å². The summed E-state index contributed by atoms with van der Waals surface area (Å²) in [6.45, 7) is 6.49. The fourth-order valence-electron chi connectivity index (χ4n) is 4.25. The number of nitrogens with zero attached hydrogens (tertiary/aromatic N) is 3. The van der Waals surface area contributed by atoms with Crippen molar-refractivity contribution in [1.29, 1.82) is 0 Å². The molecular formula is C23H29N3O. The Morgan fingerprint density at radius 2 is 1.52 bits per heavy atom. The Labute approximate surface area is 162 Å². The first kappa shape index (κ1) is 18.2. The van der Waals surface area contributed by atoms with Crippen LogP contribution in [0.2, 0.25) is 0 Å². The zero-order valence-corrected chi connectivity index (χ0v) is 16.0. The largest absolute Gasteiger partial charge is 0.311 e. The molecule has 2 heterocycles. The van der Waals surface area contributed by atoms with E-state index in [9.17, 15) is 4.79 Å². The number of fused-ring (bicyclic) bond motifs is 1. The number of aryl methyl sites for hydroxylation is 1.